The van der Waals surface area contributed by atoms with Crippen molar-refractivity contribution < 1.29 is 9.59 Å². The van der Waals surface area contributed by atoms with E-state index in [2.05, 4.69) is 20.9 Å². The Labute approximate surface area is 163 Å². The molecule has 1 aliphatic heterocycles. The quantitative estimate of drug-likeness (QED) is 0.440. The molecule has 3 aromatic rings. The second kappa shape index (κ2) is 6.49. The molecular weight excluding hydrogens is 416 g/mol. The first-order valence-electron chi connectivity index (χ1n) is 8.17. The molecule has 0 aliphatic carbocycles. The van der Waals surface area contributed by atoms with Gasteiger partial charge in [0.05, 0.1) is 16.6 Å². The lowest BCUT2D eigenvalue weighted by atomic mass is 10.1. The topological polar surface area (TPSA) is 50.3 Å². The summed E-state index contributed by atoms with van der Waals surface area (Å²) in [5.41, 5.74) is 2.51. The lowest BCUT2D eigenvalue weighted by Gasteiger charge is -2.23. The lowest BCUT2D eigenvalue weighted by molar-refractivity contribution is 0.0596. The number of carbonyl (C=O) groups excluding carboxylic acids is 2. The number of fused-ring (bicyclic) bond motifs is 2. The molecule has 4 rings (SSSR count). The maximum Gasteiger partial charge on any atom is 0.261 e. The summed E-state index contributed by atoms with van der Waals surface area (Å²) in [7, 11) is 0. The molecule has 130 valence electrons. The van der Waals surface area contributed by atoms with Crippen LogP contribution >= 0.6 is 27.5 Å². The summed E-state index contributed by atoms with van der Waals surface area (Å²) in [6.07, 6.45) is 0.448. The van der Waals surface area contributed by atoms with Crippen molar-refractivity contribution in [2.45, 2.75) is 19.4 Å². The maximum absolute atomic E-state index is 12.6. The van der Waals surface area contributed by atoms with E-state index in [1.807, 2.05) is 31.2 Å². The zero-order chi connectivity index (χ0) is 18.4. The van der Waals surface area contributed by atoms with Crippen LogP contribution in [0.3, 0.4) is 0 Å². The molecule has 0 saturated heterocycles. The number of amides is 2. The Bertz CT molecular complexity index is 1030. The SMILES string of the molecule is CC(Cc1cc2ccc(Br)cc2nc1Cl)N1C(=O)c2ccccc2C1=O. The molecule has 0 spiro atoms. The number of hydrogen-bond donors (Lipinski definition) is 0. The van der Waals surface area contributed by atoms with Gasteiger partial charge in [0.25, 0.3) is 11.8 Å². The van der Waals surface area contributed by atoms with Gasteiger partial charge in [-0.25, -0.2) is 4.98 Å². The number of pyridine rings is 1. The molecule has 1 aromatic heterocycles. The largest absolute Gasteiger partial charge is 0.271 e. The number of halogens is 2. The van der Waals surface area contributed by atoms with E-state index >= 15 is 0 Å². The summed E-state index contributed by atoms with van der Waals surface area (Å²) < 4.78 is 0.931. The number of nitrogens with zero attached hydrogens (tertiary/aromatic N) is 2. The average molecular weight is 430 g/mol. The summed E-state index contributed by atoms with van der Waals surface area (Å²) in [6.45, 7) is 1.85. The molecule has 2 heterocycles. The van der Waals surface area contributed by atoms with Crippen molar-refractivity contribution in [1.29, 1.82) is 0 Å². The molecule has 4 nitrogen and oxygen atoms in total. The molecule has 0 bridgehead atoms. The highest BCUT2D eigenvalue weighted by molar-refractivity contribution is 9.10. The first kappa shape index (κ1) is 17.2. The minimum Gasteiger partial charge on any atom is -0.271 e. The number of hydrogen-bond acceptors (Lipinski definition) is 3. The molecule has 2 aromatic carbocycles. The van der Waals surface area contributed by atoms with Crippen molar-refractivity contribution in [3.63, 3.8) is 0 Å². The first-order chi connectivity index (χ1) is 12.5. The Morgan fingerprint density at radius 2 is 1.73 bits per heavy atom. The second-order valence-electron chi connectivity index (χ2n) is 6.35. The number of benzene rings is 2. The van der Waals surface area contributed by atoms with Gasteiger partial charge in [0.2, 0.25) is 0 Å². The van der Waals surface area contributed by atoms with Crippen molar-refractivity contribution >= 4 is 50.2 Å². The van der Waals surface area contributed by atoms with Crippen molar-refractivity contribution in [2.24, 2.45) is 0 Å². The molecular formula is C20H14BrClN2O2. The van der Waals surface area contributed by atoms with E-state index in [4.69, 9.17) is 11.6 Å². The van der Waals surface area contributed by atoms with E-state index in [1.54, 1.807) is 24.3 Å². The number of imide groups is 1. The molecule has 0 radical (unpaired) electrons. The van der Waals surface area contributed by atoms with E-state index in [0.29, 0.717) is 22.7 Å². The molecule has 1 unspecified atom stereocenters. The van der Waals surface area contributed by atoms with Crippen molar-refractivity contribution in [3.8, 4) is 0 Å². The van der Waals surface area contributed by atoms with E-state index in [1.165, 1.54) is 4.90 Å². The minimum atomic E-state index is -0.324. The molecule has 6 heteroatoms. The predicted molar refractivity (Wildman–Crippen MR) is 105 cm³/mol. The fraction of sp³-hybridized carbons (Fsp3) is 0.150. The van der Waals surface area contributed by atoms with Gasteiger partial charge in [-0.05, 0) is 49.2 Å². The third kappa shape index (κ3) is 2.81. The van der Waals surface area contributed by atoms with E-state index in [-0.39, 0.29) is 17.9 Å². The van der Waals surface area contributed by atoms with Gasteiger partial charge in [-0.15, -0.1) is 0 Å². The molecule has 26 heavy (non-hydrogen) atoms. The van der Waals surface area contributed by atoms with Crippen LogP contribution in [-0.4, -0.2) is 27.7 Å². The summed E-state index contributed by atoms with van der Waals surface area (Å²) >= 11 is 9.78. The van der Waals surface area contributed by atoms with Crippen LogP contribution in [0.15, 0.2) is 53.0 Å². The van der Waals surface area contributed by atoms with Crippen LogP contribution in [-0.2, 0) is 6.42 Å². The Balaban J connectivity index is 1.65. The molecule has 0 fully saturated rings. The Kier molecular flexibility index (Phi) is 4.29. The highest BCUT2D eigenvalue weighted by atomic mass is 79.9. The van der Waals surface area contributed by atoms with Gasteiger partial charge in [-0.1, -0.05) is 45.7 Å². The summed E-state index contributed by atoms with van der Waals surface area (Å²) in [5, 5.41) is 1.35. The number of carbonyl (C=O) groups is 2. The van der Waals surface area contributed by atoms with Crippen molar-refractivity contribution in [2.75, 3.05) is 0 Å². The van der Waals surface area contributed by atoms with Gasteiger partial charge in [-0.3, -0.25) is 14.5 Å². The van der Waals surface area contributed by atoms with Crippen LogP contribution in [0.5, 0.6) is 0 Å². The Morgan fingerprint density at radius 1 is 1.08 bits per heavy atom. The van der Waals surface area contributed by atoms with Crippen LogP contribution in [0.25, 0.3) is 10.9 Å². The summed E-state index contributed by atoms with van der Waals surface area (Å²) in [6, 6.07) is 14.3. The van der Waals surface area contributed by atoms with E-state index in [0.717, 1.165) is 20.9 Å². The standard InChI is InChI=1S/C20H14BrClN2O2/c1-11(24-19(25)15-4-2-3-5-16(15)20(24)26)8-13-9-12-6-7-14(21)10-17(12)23-18(13)22/h2-7,9-11H,8H2,1H3. The first-order valence-corrected chi connectivity index (χ1v) is 9.34. The molecule has 0 saturated carbocycles. The normalized spacial score (nSPS) is 14.8. The van der Waals surface area contributed by atoms with Gasteiger partial charge in [0.15, 0.2) is 0 Å². The molecule has 0 N–H and O–H groups in total. The third-order valence-electron chi connectivity index (χ3n) is 4.59. The fourth-order valence-electron chi connectivity index (χ4n) is 3.32. The Hall–Kier alpha value is -2.24. The van der Waals surface area contributed by atoms with Crippen molar-refractivity contribution in [1.82, 2.24) is 9.88 Å². The molecule has 1 aliphatic rings. The van der Waals surface area contributed by atoms with Crippen LogP contribution in [0.2, 0.25) is 5.15 Å². The second-order valence-corrected chi connectivity index (χ2v) is 7.63. The van der Waals surface area contributed by atoms with E-state index in [9.17, 15) is 9.59 Å². The third-order valence-corrected chi connectivity index (χ3v) is 5.41. The monoisotopic (exact) mass is 428 g/mol. The van der Waals surface area contributed by atoms with Crippen LogP contribution < -0.4 is 0 Å². The highest BCUT2D eigenvalue weighted by Gasteiger charge is 2.38. The maximum atomic E-state index is 12.6. The summed E-state index contributed by atoms with van der Waals surface area (Å²) in [5.74, 6) is -0.515. The smallest absolute Gasteiger partial charge is 0.261 e. The van der Waals surface area contributed by atoms with Gasteiger partial charge in [0, 0.05) is 15.9 Å². The van der Waals surface area contributed by atoms with Crippen LogP contribution in [0.4, 0.5) is 0 Å². The summed E-state index contributed by atoms with van der Waals surface area (Å²) in [4.78, 5) is 31.0. The predicted octanol–water partition coefficient (Wildman–Crippen LogP) is 4.88. The number of rotatable bonds is 3. The molecule has 1 atom stereocenters. The zero-order valence-electron chi connectivity index (χ0n) is 13.9. The van der Waals surface area contributed by atoms with Crippen LogP contribution in [0.1, 0.15) is 33.2 Å². The highest BCUT2D eigenvalue weighted by Crippen LogP contribution is 2.28. The molecule has 2 amide bonds. The van der Waals surface area contributed by atoms with Gasteiger partial charge in [0.1, 0.15) is 5.15 Å². The average Bonchev–Trinajstić information content (AvgIpc) is 2.87. The number of aromatic nitrogens is 1. The van der Waals surface area contributed by atoms with Gasteiger partial charge < -0.3 is 0 Å². The Morgan fingerprint density at radius 3 is 2.38 bits per heavy atom. The van der Waals surface area contributed by atoms with Gasteiger partial charge in [-0.2, -0.15) is 0 Å². The van der Waals surface area contributed by atoms with Gasteiger partial charge >= 0.3 is 0 Å². The van der Waals surface area contributed by atoms with E-state index < -0.39 is 0 Å². The minimum absolute atomic E-state index is 0.257. The van der Waals surface area contributed by atoms with Crippen molar-refractivity contribution in [3.05, 3.63) is 74.8 Å². The van der Waals surface area contributed by atoms with Crippen LogP contribution in [0, 0.1) is 0 Å². The lowest BCUT2D eigenvalue weighted by Crippen LogP contribution is -2.39. The zero-order valence-corrected chi connectivity index (χ0v) is 16.2. The fourth-order valence-corrected chi connectivity index (χ4v) is 3.89.